The Labute approximate surface area is 191 Å². The molecule has 0 rings (SSSR count). The van der Waals surface area contributed by atoms with E-state index in [1.807, 2.05) is 0 Å². The Hall–Kier alpha value is -1.75. The molecule has 0 aliphatic carbocycles. The summed E-state index contributed by atoms with van der Waals surface area (Å²) in [6.07, 6.45) is -0.0473. The predicted octanol–water partition coefficient (Wildman–Crippen LogP) is 2.11. The first-order valence-corrected chi connectivity index (χ1v) is 10.5. The van der Waals surface area contributed by atoms with Crippen molar-refractivity contribution in [2.24, 2.45) is 5.73 Å². The molecule has 32 heavy (non-hydrogen) atoms. The van der Waals surface area contributed by atoms with Crippen LogP contribution in [0.2, 0.25) is 0 Å². The van der Waals surface area contributed by atoms with Crippen LogP contribution in [0.3, 0.4) is 0 Å². The number of esters is 3. The zero-order valence-electron chi connectivity index (χ0n) is 21.0. The number of hydrogen-bond acceptors (Lipinski definition) is 10. The quantitative estimate of drug-likeness (QED) is 0.261. The van der Waals surface area contributed by atoms with Crippen LogP contribution in [0.1, 0.15) is 68.7 Å². The molecule has 0 amide bonds. The first-order valence-electron chi connectivity index (χ1n) is 10.5. The molecule has 0 spiro atoms. The van der Waals surface area contributed by atoms with Crippen LogP contribution in [0.25, 0.3) is 0 Å². The summed E-state index contributed by atoms with van der Waals surface area (Å²) in [5.41, 5.74) is 2.76. The molecule has 0 radical (unpaired) electrons. The first-order chi connectivity index (χ1) is 14.3. The number of rotatable bonds is 12. The van der Waals surface area contributed by atoms with Crippen molar-refractivity contribution in [3.8, 4) is 0 Å². The van der Waals surface area contributed by atoms with E-state index < -0.39 is 40.4 Å². The van der Waals surface area contributed by atoms with Gasteiger partial charge in [-0.25, -0.2) is 9.59 Å². The Morgan fingerprint density at radius 1 is 0.625 bits per heavy atom. The number of carbonyl (C=O) groups is 3. The Morgan fingerprint density at radius 3 is 1.31 bits per heavy atom. The third-order valence-corrected chi connectivity index (χ3v) is 3.09. The van der Waals surface area contributed by atoms with E-state index in [0.29, 0.717) is 0 Å². The standard InChI is InChI=1S/C22H41NO9/c1-19(2,3)30-16(24)10-11-29-22(23,14-27-12-17(25)31-20(4,5)6)15-28-13-18(26)32-21(7,8)9/h10-15,23H2,1-9H3. The molecular formula is C22H41NO9. The van der Waals surface area contributed by atoms with Crippen LogP contribution in [-0.2, 0) is 42.8 Å². The van der Waals surface area contributed by atoms with Crippen molar-refractivity contribution in [3.05, 3.63) is 0 Å². The Balaban J connectivity index is 4.79. The highest BCUT2D eigenvalue weighted by molar-refractivity contribution is 5.71. The van der Waals surface area contributed by atoms with Crippen molar-refractivity contribution >= 4 is 17.9 Å². The molecule has 0 bridgehead atoms. The molecule has 0 saturated heterocycles. The van der Waals surface area contributed by atoms with Gasteiger partial charge in [0.1, 0.15) is 30.0 Å². The summed E-state index contributed by atoms with van der Waals surface area (Å²) in [5, 5.41) is 0. The van der Waals surface area contributed by atoms with Crippen LogP contribution in [0.4, 0.5) is 0 Å². The smallest absolute Gasteiger partial charge is 0.332 e. The van der Waals surface area contributed by atoms with Crippen molar-refractivity contribution in [1.29, 1.82) is 0 Å². The topological polar surface area (TPSA) is 133 Å². The molecule has 10 heteroatoms. The molecule has 0 saturated carbocycles. The maximum Gasteiger partial charge on any atom is 0.332 e. The van der Waals surface area contributed by atoms with Gasteiger partial charge in [0.2, 0.25) is 0 Å². The molecular weight excluding hydrogens is 422 g/mol. The lowest BCUT2D eigenvalue weighted by Crippen LogP contribution is -2.52. The number of nitrogens with two attached hydrogens (primary N) is 1. The van der Waals surface area contributed by atoms with Gasteiger partial charge in [0.25, 0.3) is 0 Å². The molecule has 0 atom stereocenters. The molecule has 2 N–H and O–H groups in total. The first kappa shape index (κ1) is 30.2. The van der Waals surface area contributed by atoms with E-state index >= 15 is 0 Å². The normalized spacial score (nSPS) is 12.9. The van der Waals surface area contributed by atoms with Crippen molar-refractivity contribution in [1.82, 2.24) is 0 Å². The summed E-state index contributed by atoms with van der Waals surface area (Å²) in [6, 6.07) is 0. The fourth-order valence-electron chi connectivity index (χ4n) is 2.21. The van der Waals surface area contributed by atoms with Crippen LogP contribution in [0.15, 0.2) is 0 Å². The van der Waals surface area contributed by atoms with Crippen molar-refractivity contribution in [3.63, 3.8) is 0 Å². The van der Waals surface area contributed by atoms with E-state index in [9.17, 15) is 14.4 Å². The average Bonchev–Trinajstić information content (AvgIpc) is 2.49. The minimum atomic E-state index is -1.52. The van der Waals surface area contributed by atoms with Gasteiger partial charge in [0.05, 0.1) is 26.2 Å². The SMILES string of the molecule is CC(C)(C)OC(=O)CCOC(N)(COCC(=O)OC(C)(C)C)COCC(=O)OC(C)(C)C. The number of carbonyl (C=O) groups excluding carboxylic acids is 3. The van der Waals surface area contributed by atoms with Gasteiger partial charge in [-0.15, -0.1) is 0 Å². The molecule has 0 aromatic rings. The monoisotopic (exact) mass is 463 g/mol. The van der Waals surface area contributed by atoms with Gasteiger partial charge in [0.15, 0.2) is 5.72 Å². The van der Waals surface area contributed by atoms with E-state index in [4.69, 9.17) is 34.2 Å². The molecule has 0 heterocycles. The summed E-state index contributed by atoms with van der Waals surface area (Å²) in [6.45, 7) is 14.5. The molecule has 0 aromatic heterocycles. The minimum Gasteiger partial charge on any atom is -0.460 e. The summed E-state index contributed by atoms with van der Waals surface area (Å²) in [4.78, 5) is 35.6. The van der Waals surface area contributed by atoms with E-state index in [0.717, 1.165) is 0 Å². The number of hydrogen-bond donors (Lipinski definition) is 1. The second kappa shape index (κ2) is 12.5. The maximum absolute atomic E-state index is 11.9. The van der Waals surface area contributed by atoms with Crippen LogP contribution < -0.4 is 5.73 Å². The van der Waals surface area contributed by atoms with Crippen LogP contribution >= 0.6 is 0 Å². The third-order valence-electron chi connectivity index (χ3n) is 3.09. The summed E-state index contributed by atoms with van der Waals surface area (Å²) < 4.78 is 31.9. The van der Waals surface area contributed by atoms with Crippen molar-refractivity contribution in [2.45, 2.75) is 91.3 Å². The van der Waals surface area contributed by atoms with Crippen LogP contribution in [0, 0.1) is 0 Å². The Kier molecular flexibility index (Phi) is 11.8. The van der Waals surface area contributed by atoms with E-state index in [1.54, 1.807) is 62.3 Å². The second-order valence-corrected chi connectivity index (χ2v) is 10.4. The molecule has 0 aliphatic heterocycles. The van der Waals surface area contributed by atoms with Crippen LogP contribution in [-0.4, -0.2) is 73.5 Å². The molecule has 0 aromatic carbocycles. The number of ether oxygens (including phenoxy) is 6. The highest BCUT2D eigenvalue weighted by atomic mass is 16.6. The van der Waals surface area contributed by atoms with Gasteiger partial charge < -0.3 is 28.4 Å². The second-order valence-electron chi connectivity index (χ2n) is 10.4. The highest BCUT2D eigenvalue weighted by Gasteiger charge is 2.29. The zero-order chi connectivity index (χ0) is 25.2. The summed E-state index contributed by atoms with van der Waals surface area (Å²) in [5.74, 6) is -1.59. The van der Waals surface area contributed by atoms with Gasteiger partial charge in [-0.05, 0) is 62.3 Å². The molecule has 10 nitrogen and oxygen atoms in total. The maximum atomic E-state index is 11.9. The predicted molar refractivity (Wildman–Crippen MR) is 117 cm³/mol. The average molecular weight is 464 g/mol. The third kappa shape index (κ3) is 17.9. The van der Waals surface area contributed by atoms with Crippen molar-refractivity contribution in [2.75, 3.05) is 33.0 Å². The highest BCUT2D eigenvalue weighted by Crippen LogP contribution is 2.12. The Bertz CT molecular complexity index is 529. The van der Waals surface area contributed by atoms with E-state index in [-0.39, 0.29) is 39.5 Å². The lowest BCUT2D eigenvalue weighted by Gasteiger charge is -2.29. The molecule has 0 aliphatic rings. The lowest BCUT2D eigenvalue weighted by molar-refractivity contribution is -0.174. The van der Waals surface area contributed by atoms with Crippen LogP contribution in [0.5, 0.6) is 0 Å². The van der Waals surface area contributed by atoms with Crippen molar-refractivity contribution < 1.29 is 42.8 Å². The van der Waals surface area contributed by atoms with Gasteiger partial charge >= 0.3 is 17.9 Å². The van der Waals surface area contributed by atoms with Gasteiger partial charge in [-0.3, -0.25) is 10.5 Å². The fraction of sp³-hybridized carbons (Fsp3) is 0.864. The Morgan fingerprint density at radius 2 is 0.969 bits per heavy atom. The fourth-order valence-corrected chi connectivity index (χ4v) is 2.21. The summed E-state index contributed by atoms with van der Waals surface area (Å²) >= 11 is 0. The largest absolute Gasteiger partial charge is 0.460 e. The lowest BCUT2D eigenvalue weighted by atomic mass is 10.2. The van der Waals surface area contributed by atoms with Gasteiger partial charge in [0, 0.05) is 0 Å². The molecule has 188 valence electrons. The summed E-state index contributed by atoms with van der Waals surface area (Å²) in [7, 11) is 0. The molecule has 0 unspecified atom stereocenters. The van der Waals surface area contributed by atoms with Gasteiger partial charge in [-0.2, -0.15) is 0 Å². The minimum absolute atomic E-state index is 0.0473. The van der Waals surface area contributed by atoms with Gasteiger partial charge in [-0.1, -0.05) is 0 Å². The van der Waals surface area contributed by atoms with E-state index in [2.05, 4.69) is 0 Å². The molecule has 0 fully saturated rings. The zero-order valence-corrected chi connectivity index (χ0v) is 21.0. The van der Waals surface area contributed by atoms with E-state index in [1.165, 1.54) is 0 Å².